The summed E-state index contributed by atoms with van der Waals surface area (Å²) in [6, 6.07) is 8.10. The van der Waals surface area contributed by atoms with E-state index in [-0.39, 0.29) is 5.92 Å². The summed E-state index contributed by atoms with van der Waals surface area (Å²) in [5.74, 6) is 0.639. The van der Waals surface area contributed by atoms with Crippen molar-refractivity contribution in [1.29, 1.82) is 0 Å². The number of likely N-dealkylation sites (tertiary alicyclic amines) is 2. The zero-order chi connectivity index (χ0) is 14.7. The van der Waals surface area contributed by atoms with Gasteiger partial charge in [-0.1, -0.05) is 23.7 Å². The van der Waals surface area contributed by atoms with Gasteiger partial charge < -0.3 is 9.80 Å². The first-order chi connectivity index (χ1) is 10.2. The van der Waals surface area contributed by atoms with Gasteiger partial charge in [-0.15, -0.1) is 0 Å². The maximum absolute atomic E-state index is 12.5. The molecule has 114 valence electrons. The highest BCUT2D eigenvalue weighted by Gasteiger charge is 2.32. The van der Waals surface area contributed by atoms with E-state index >= 15 is 0 Å². The van der Waals surface area contributed by atoms with Gasteiger partial charge in [0, 0.05) is 23.7 Å². The molecule has 1 unspecified atom stereocenters. The number of nitrogens with zero attached hydrogens (tertiary/aromatic N) is 1. The largest absolute Gasteiger partial charge is 0.342 e. The summed E-state index contributed by atoms with van der Waals surface area (Å²) in [7, 11) is 0. The van der Waals surface area contributed by atoms with Crippen LogP contribution in [0, 0.1) is 5.92 Å². The van der Waals surface area contributed by atoms with Crippen LogP contribution in [-0.2, 0) is 11.3 Å². The number of rotatable bonds is 3. The Morgan fingerprint density at radius 1 is 1.19 bits per heavy atom. The van der Waals surface area contributed by atoms with Crippen LogP contribution >= 0.6 is 11.6 Å². The summed E-state index contributed by atoms with van der Waals surface area (Å²) >= 11 is 5.93. The Hall–Kier alpha value is -1.06. The van der Waals surface area contributed by atoms with E-state index in [4.69, 9.17) is 11.6 Å². The Balaban J connectivity index is 1.57. The summed E-state index contributed by atoms with van der Waals surface area (Å²) in [5.41, 5.74) is 1.31. The molecule has 0 spiro atoms. The number of halogens is 1. The topological polar surface area (TPSA) is 24.8 Å². The molecule has 0 aromatic heterocycles. The molecule has 4 heteroatoms. The van der Waals surface area contributed by atoms with Gasteiger partial charge in [0.1, 0.15) is 6.54 Å². The Labute approximate surface area is 131 Å². The number of amides is 1. The molecular weight excluding hydrogens is 284 g/mol. The molecule has 1 N–H and O–H groups in total. The minimum absolute atomic E-state index is 0.235. The van der Waals surface area contributed by atoms with Crippen molar-refractivity contribution >= 4 is 17.5 Å². The van der Waals surface area contributed by atoms with Gasteiger partial charge in [-0.2, -0.15) is 0 Å². The fraction of sp³-hybridized carbons (Fsp3) is 0.588. The molecular formula is C17H24ClN2O+. The van der Waals surface area contributed by atoms with Gasteiger partial charge in [0.25, 0.3) is 0 Å². The lowest BCUT2D eigenvalue weighted by Crippen LogP contribution is -3.12. The maximum Gasteiger partial charge on any atom is 0.231 e. The van der Waals surface area contributed by atoms with E-state index in [2.05, 4.69) is 17.0 Å². The number of carbonyl (C=O) groups excluding carboxylic acids is 1. The van der Waals surface area contributed by atoms with Crippen LogP contribution in [0.4, 0.5) is 0 Å². The fourth-order valence-corrected chi connectivity index (χ4v) is 3.74. The third-order valence-electron chi connectivity index (χ3n) is 4.75. The fourth-order valence-electron chi connectivity index (χ4n) is 3.61. The molecule has 1 aromatic rings. The van der Waals surface area contributed by atoms with E-state index in [1.165, 1.54) is 29.8 Å². The van der Waals surface area contributed by atoms with Gasteiger partial charge in [-0.25, -0.2) is 0 Å². The maximum atomic E-state index is 12.5. The molecule has 2 saturated heterocycles. The van der Waals surface area contributed by atoms with E-state index in [1.54, 1.807) is 0 Å². The first-order valence-electron chi connectivity index (χ1n) is 8.09. The normalized spacial score (nSPS) is 26.0. The minimum Gasteiger partial charge on any atom is -0.342 e. The quantitative estimate of drug-likeness (QED) is 0.904. The average molecular weight is 308 g/mol. The Bertz CT molecular complexity index is 482. The van der Waals surface area contributed by atoms with E-state index < -0.39 is 0 Å². The van der Waals surface area contributed by atoms with Crippen LogP contribution in [0.5, 0.6) is 0 Å². The summed E-state index contributed by atoms with van der Waals surface area (Å²) in [6.45, 7) is 5.11. The molecule has 0 aliphatic carbocycles. The Morgan fingerprint density at radius 3 is 2.62 bits per heavy atom. The predicted octanol–water partition coefficient (Wildman–Crippen LogP) is 1.76. The number of piperidine rings is 1. The predicted molar refractivity (Wildman–Crippen MR) is 84.4 cm³/mol. The Morgan fingerprint density at radius 2 is 1.90 bits per heavy atom. The van der Waals surface area contributed by atoms with Crippen molar-refractivity contribution in [3.63, 3.8) is 0 Å². The zero-order valence-corrected chi connectivity index (χ0v) is 13.2. The van der Waals surface area contributed by atoms with Gasteiger partial charge in [0.05, 0.1) is 19.0 Å². The van der Waals surface area contributed by atoms with Crippen molar-refractivity contribution in [1.82, 2.24) is 4.90 Å². The van der Waals surface area contributed by atoms with Crippen LogP contribution < -0.4 is 4.90 Å². The summed E-state index contributed by atoms with van der Waals surface area (Å²) in [5, 5.41) is 0.787. The SMILES string of the molecule is O=C([C@H]1CCC[NH+](Cc2ccc(Cl)cc2)C1)N1CCCC1. The standard InChI is InChI=1S/C17H23ClN2O/c18-16-7-5-14(6-8-16)12-19-9-3-4-15(13-19)17(21)20-10-1-2-11-20/h5-8,15H,1-4,9-13H2/p+1/t15-/m0/s1. The lowest BCUT2D eigenvalue weighted by molar-refractivity contribution is -0.921. The van der Waals surface area contributed by atoms with Gasteiger partial charge >= 0.3 is 0 Å². The van der Waals surface area contributed by atoms with Crippen LogP contribution in [0.1, 0.15) is 31.2 Å². The molecule has 2 aliphatic heterocycles. The van der Waals surface area contributed by atoms with Crippen LogP contribution in [0.3, 0.4) is 0 Å². The molecule has 2 heterocycles. The number of nitrogens with one attached hydrogen (secondary N) is 1. The second-order valence-electron chi connectivity index (χ2n) is 6.38. The van der Waals surface area contributed by atoms with Crippen LogP contribution in [0.15, 0.2) is 24.3 Å². The van der Waals surface area contributed by atoms with Gasteiger partial charge in [-0.05, 0) is 37.8 Å². The number of hydrogen-bond acceptors (Lipinski definition) is 1. The molecule has 0 radical (unpaired) electrons. The van der Waals surface area contributed by atoms with Crippen LogP contribution in [0.25, 0.3) is 0 Å². The van der Waals surface area contributed by atoms with Gasteiger partial charge in [0.2, 0.25) is 5.91 Å². The molecule has 1 aromatic carbocycles. The third-order valence-corrected chi connectivity index (χ3v) is 5.00. The zero-order valence-electron chi connectivity index (χ0n) is 12.5. The van der Waals surface area contributed by atoms with E-state index in [9.17, 15) is 4.79 Å². The van der Waals surface area contributed by atoms with E-state index in [0.717, 1.165) is 44.0 Å². The molecule has 2 fully saturated rings. The van der Waals surface area contributed by atoms with Crippen LogP contribution in [-0.4, -0.2) is 37.0 Å². The summed E-state index contributed by atoms with van der Waals surface area (Å²) in [4.78, 5) is 16.1. The van der Waals surface area contributed by atoms with Gasteiger partial charge in [-0.3, -0.25) is 4.79 Å². The molecule has 2 aliphatic rings. The number of carbonyl (C=O) groups is 1. The van der Waals surface area contributed by atoms with Crippen molar-refractivity contribution in [2.75, 3.05) is 26.2 Å². The number of benzene rings is 1. The van der Waals surface area contributed by atoms with Crippen molar-refractivity contribution < 1.29 is 9.69 Å². The average Bonchev–Trinajstić information content (AvgIpc) is 3.03. The van der Waals surface area contributed by atoms with Crippen molar-refractivity contribution in [3.05, 3.63) is 34.9 Å². The van der Waals surface area contributed by atoms with Gasteiger partial charge in [0.15, 0.2) is 0 Å². The highest BCUT2D eigenvalue weighted by Crippen LogP contribution is 2.16. The molecule has 1 amide bonds. The first-order valence-corrected chi connectivity index (χ1v) is 8.47. The highest BCUT2D eigenvalue weighted by molar-refractivity contribution is 6.30. The molecule has 0 bridgehead atoms. The molecule has 0 saturated carbocycles. The van der Waals surface area contributed by atoms with Crippen molar-refractivity contribution in [3.8, 4) is 0 Å². The van der Waals surface area contributed by atoms with Crippen molar-refractivity contribution in [2.24, 2.45) is 5.92 Å². The molecule has 3 rings (SSSR count). The Kier molecular flexibility index (Phi) is 4.81. The molecule has 21 heavy (non-hydrogen) atoms. The second kappa shape index (κ2) is 6.80. The summed E-state index contributed by atoms with van der Waals surface area (Å²) in [6.07, 6.45) is 4.59. The van der Waals surface area contributed by atoms with Crippen molar-refractivity contribution in [2.45, 2.75) is 32.2 Å². The van der Waals surface area contributed by atoms with Crippen LogP contribution in [0.2, 0.25) is 5.02 Å². The highest BCUT2D eigenvalue weighted by atomic mass is 35.5. The van der Waals surface area contributed by atoms with E-state index in [0.29, 0.717) is 5.91 Å². The minimum atomic E-state index is 0.235. The smallest absolute Gasteiger partial charge is 0.231 e. The second-order valence-corrected chi connectivity index (χ2v) is 6.82. The first kappa shape index (κ1) is 14.9. The molecule has 2 atom stereocenters. The number of hydrogen-bond donors (Lipinski definition) is 1. The third kappa shape index (κ3) is 3.78. The summed E-state index contributed by atoms with van der Waals surface area (Å²) < 4.78 is 0. The number of quaternary nitrogens is 1. The van der Waals surface area contributed by atoms with E-state index in [1.807, 2.05) is 12.1 Å². The lowest BCUT2D eigenvalue weighted by atomic mass is 9.96. The lowest BCUT2D eigenvalue weighted by Gasteiger charge is -2.31. The monoisotopic (exact) mass is 307 g/mol. The molecule has 3 nitrogen and oxygen atoms in total.